The van der Waals surface area contributed by atoms with Crippen molar-refractivity contribution >= 4 is 29.9 Å². The molecule has 0 saturated carbocycles. The van der Waals surface area contributed by atoms with E-state index in [-0.39, 0.29) is 24.0 Å². The summed E-state index contributed by atoms with van der Waals surface area (Å²) >= 11 is 0. The number of benzene rings is 2. The summed E-state index contributed by atoms with van der Waals surface area (Å²) in [7, 11) is 0. The first-order chi connectivity index (χ1) is 16.2. The molecule has 1 aliphatic heterocycles. The van der Waals surface area contributed by atoms with E-state index in [2.05, 4.69) is 59.9 Å². The van der Waals surface area contributed by atoms with Crippen molar-refractivity contribution in [2.45, 2.75) is 33.4 Å². The van der Waals surface area contributed by atoms with E-state index in [1.807, 2.05) is 29.1 Å². The third-order valence-electron chi connectivity index (χ3n) is 5.61. The van der Waals surface area contributed by atoms with E-state index >= 15 is 0 Å². The molecule has 4 rings (SSSR count). The largest absolute Gasteiger partial charge is 0.493 e. The third kappa shape index (κ3) is 7.46. The zero-order chi connectivity index (χ0) is 22.9. The molecule has 3 aromatic rings. The normalized spacial score (nSPS) is 15.6. The minimum absolute atomic E-state index is 0. The second-order valence-electron chi connectivity index (χ2n) is 8.32. The van der Waals surface area contributed by atoms with Gasteiger partial charge in [0.05, 0.1) is 25.4 Å². The topological polar surface area (TPSA) is 72.7 Å². The molecule has 0 spiro atoms. The second-order valence-corrected chi connectivity index (χ2v) is 8.32. The van der Waals surface area contributed by atoms with Crippen molar-refractivity contribution < 1.29 is 9.47 Å². The van der Waals surface area contributed by atoms with E-state index in [0.29, 0.717) is 25.6 Å². The summed E-state index contributed by atoms with van der Waals surface area (Å²) in [4.78, 5) is 4.78. The number of aryl methyl sites for hydroxylation is 1. The molecular formula is C26H34IN5O2. The Balaban J connectivity index is 0.00000324. The van der Waals surface area contributed by atoms with Crippen LogP contribution in [0.3, 0.4) is 0 Å². The number of nitrogens with one attached hydrogen (secondary N) is 2. The highest BCUT2D eigenvalue weighted by Gasteiger charge is 2.17. The lowest BCUT2D eigenvalue weighted by Gasteiger charge is -2.17. The highest BCUT2D eigenvalue weighted by atomic mass is 127. The molecule has 34 heavy (non-hydrogen) atoms. The van der Waals surface area contributed by atoms with Gasteiger partial charge in [-0.25, -0.2) is 9.67 Å². The average molecular weight is 575 g/mol. The number of aliphatic imine (C=N–C) groups is 1. The molecule has 1 aliphatic rings. The van der Waals surface area contributed by atoms with Gasteiger partial charge in [0.2, 0.25) is 0 Å². The first-order valence-electron chi connectivity index (χ1n) is 11.6. The summed E-state index contributed by atoms with van der Waals surface area (Å²) in [5.41, 5.74) is 4.46. The van der Waals surface area contributed by atoms with Gasteiger partial charge in [0.15, 0.2) is 5.96 Å². The molecule has 0 bridgehead atoms. The molecule has 182 valence electrons. The predicted octanol–water partition coefficient (Wildman–Crippen LogP) is 4.47. The molecule has 2 aromatic carbocycles. The molecule has 1 unspecified atom stereocenters. The molecular weight excluding hydrogens is 541 g/mol. The molecule has 2 N–H and O–H groups in total. The van der Waals surface area contributed by atoms with Crippen LogP contribution in [0.5, 0.6) is 5.75 Å². The minimum Gasteiger partial charge on any atom is -0.493 e. The van der Waals surface area contributed by atoms with E-state index in [1.54, 1.807) is 6.20 Å². The summed E-state index contributed by atoms with van der Waals surface area (Å²) in [6.07, 6.45) is 4.79. The van der Waals surface area contributed by atoms with Crippen molar-refractivity contribution in [1.82, 2.24) is 20.4 Å². The number of halogens is 1. The van der Waals surface area contributed by atoms with Crippen LogP contribution in [0, 0.1) is 12.8 Å². The molecule has 1 saturated heterocycles. The Morgan fingerprint density at radius 3 is 2.88 bits per heavy atom. The van der Waals surface area contributed by atoms with E-state index < -0.39 is 0 Å². The fraction of sp³-hybridized carbons (Fsp3) is 0.385. The summed E-state index contributed by atoms with van der Waals surface area (Å²) in [6.45, 7) is 8.47. The Morgan fingerprint density at radius 2 is 2.12 bits per heavy atom. The number of aromatic nitrogens is 2. The molecule has 2 heterocycles. The van der Waals surface area contributed by atoms with Gasteiger partial charge in [-0.2, -0.15) is 5.10 Å². The Bertz CT molecular complexity index is 1050. The fourth-order valence-corrected chi connectivity index (χ4v) is 3.77. The second kappa shape index (κ2) is 13.3. The standard InChI is InChI=1S/C26H33N5O2.HI/c1-3-27-26(28-16-21-6-4-7-24(15-21)31-12-5-11-30-31)29-17-23-9-8-20(2)14-25(23)33-19-22-10-13-32-18-22;/h4-9,11-12,14-15,22H,3,10,13,16-19H2,1-2H3,(H2,27,28,29);1H. The zero-order valence-electron chi connectivity index (χ0n) is 19.9. The monoisotopic (exact) mass is 575 g/mol. The van der Waals surface area contributed by atoms with Crippen LogP contribution in [0.1, 0.15) is 30.0 Å². The van der Waals surface area contributed by atoms with Crippen LogP contribution in [0.2, 0.25) is 0 Å². The van der Waals surface area contributed by atoms with Crippen LogP contribution < -0.4 is 15.4 Å². The maximum absolute atomic E-state index is 6.18. The molecule has 1 atom stereocenters. The number of nitrogens with zero attached hydrogens (tertiary/aromatic N) is 3. The van der Waals surface area contributed by atoms with Crippen molar-refractivity contribution in [2.24, 2.45) is 10.9 Å². The van der Waals surface area contributed by atoms with E-state index in [4.69, 9.17) is 14.5 Å². The summed E-state index contributed by atoms with van der Waals surface area (Å²) in [5.74, 6) is 2.18. The van der Waals surface area contributed by atoms with Gasteiger partial charge in [0.1, 0.15) is 5.75 Å². The van der Waals surface area contributed by atoms with E-state index in [0.717, 1.165) is 54.7 Å². The molecule has 8 heteroatoms. The quantitative estimate of drug-likeness (QED) is 0.224. The van der Waals surface area contributed by atoms with Gasteiger partial charge in [0, 0.05) is 43.6 Å². The van der Waals surface area contributed by atoms with Gasteiger partial charge in [-0.05, 0) is 55.7 Å². The Hall–Kier alpha value is -2.59. The van der Waals surface area contributed by atoms with Gasteiger partial charge in [-0.3, -0.25) is 0 Å². The summed E-state index contributed by atoms with van der Waals surface area (Å²) in [6, 6.07) is 16.5. The van der Waals surface area contributed by atoms with Crippen LogP contribution in [-0.4, -0.2) is 42.1 Å². The number of rotatable bonds is 9. The smallest absolute Gasteiger partial charge is 0.191 e. The molecule has 0 aliphatic carbocycles. The lowest BCUT2D eigenvalue weighted by molar-refractivity contribution is 0.166. The molecule has 1 aromatic heterocycles. The molecule has 1 fully saturated rings. The summed E-state index contributed by atoms with van der Waals surface area (Å²) in [5, 5.41) is 11.1. The summed E-state index contributed by atoms with van der Waals surface area (Å²) < 4.78 is 13.5. The molecule has 0 amide bonds. The van der Waals surface area contributed by atoms with E-state index in [1.165, 1.54) is 5.56 Å². The van der Waals surface area contributed by atoms with Crippen molar-refractivity contribution in [3.8, 4) is 11.4 Å². The van der Waals surface area contributed by atoms with Crippen molar-refractivity contribution in [3.05, 3.63) is 77.6 Å². The van der Waals surface area contributed by atoms with Gasteiger partial charge in [-0.15, -0.1) is 24.0 Å². The number of guanidine groups is 1. The SMILES string of the molecule is CCNC(=NCc1cccc(-n2cccn2)c1)NCc1ccc(C)cc1OCC1CCOC1.I. The molecule has 7 nitrogen and oxygen atoms in total. The lowest BCUT2D eigenvalue weighted by atomic mass is 10.1. The van der Waals surface area contributed by atoms with Gasteiger partial charge in [0.25, 0.3) is 0 Å². The maximum atomic E-state index is 6.18. The van der Waals surface area contributed by atoms with E-state index in [9.17, 15) is 0 Å². The van der Waals surface area contributed by atoms with Crippen molar-refractivity contribution in [2.75, 3.05) is 26.4 Å². The van der Waals surface area contributed by atoms with Gasteiger partial charge in [-0.1, -0.05) is 24.3 Å². The highest BCUT2D eigenvalue weighted by molar-refractivity contribution is 14.0. The minimum atomic E-state index is 0. The Kier molecular flexibility index (Phi) is 10.2. The van der Waals surface area contributed by atoms with Crippen LogP contribution in [0.4, 0.5) is 0 Å². The van der Waals surface area contributed by atoms with Crippen LogP contribution >= 0.6 is 24.0 Å². The van der Waals surface area contributed by atoms with Gasteiger partial charge >= 0.3 is 0 Å². The van der Waals surface area contributed by atoms with Crippen LogP contribution in [-0.2, 0) is 17.8 Å². The lowest BCUT2D eigenvalue weighted by Crippen LogP contribution is -2.36. The third-order valence-corrected chi connectivity index (χ3v) is 5.61. The van der Waals surface area contributed by atoms with Crippen LogP contribution in [0.25, 0.3) is 5.69 Å². The first kappa shape index (κ1) is 26.0. The first-order valence-corrected chi connectivity index (χ1v) is 11.6. The Labute approximate surface area is 219 Å². The van der Waals surface area contributed by atoms with Crippen LogP contribution in [0.15, 0.2) is 65.9 Å². The van der Waals surface area contributed by atoms with Crippen molar-refractivity contribution in [3.63, 3.8) is 0 Å². The predicted molar refractivity (Wildman–Crippen MR) is 146 cm³/mol. The number of hydrogen-bond donors (Lipinski definition) is 2. The maximum Gasteiger partial charge on any atom is 0.191 e. The molecule has 0 radical (unpaired) electrons. The number of hydrogen-bond acceptors (Lipinski definition) is 4. The van der Waals surface area contributed by atoms with Gasteiger partial charge < -0.3 is 20.1 Å². The Morgan fingerprint density at radius 1 is 1.21 bits per heavy atom. The highest BCUT2D eigenvalue weighted by Crippen LogP contribution is 2.22. The zero-order valence-corrected chi connectivity index (χ0v) is 22.2. The number of ether oxygens (including phenoxy) is 2. The van der Waals surface area contributed by atoms with Crippen molar-refractivity contribution in [1.29, 1.82) is 0 Å². The average Bonchev–Trinajstić information content (AvgIpc) is 3.55. The fourth-order valence-electron chi connectivity index (χ4n) is 3.77.